The van der Waals surface area contributed by atoms with Crippen LogP contribution in [0.1, 0.15) is 25.7 Å². The average molecular weight is 186 g/mol. The molecule has 1 N–H and O–H groups in total. The van der Waals surface area contributed by atoms with E-state index in [-0.39, 0.29) is 12.3 Å². The monoisotopic (exact) mass is 186 g/mol. The molecule has 0 bridgehead atoms. The largest absolute Gasteiger partial charge is 0.481 e. The van der Waals surface area contributed by atoms with Gasteiger partial charge in [-0.25, -0.2) is 0 Å². The van der Waals surface area contributed by atoms with E-state index in [0.717, 1.165) is 19.3 Å². The molecule has 0 aromatic heterocycles. The molecule has 2 aliphatic rings. The number of carboxylic acids is 1. The van der Waals surface area contributed by atoms with Gasteiger partial charge in [-0.1, -0.05) is 0 Å². The summed E-state index contributed by atoms with van der Waals surface area (Å²) in [7, 11) is 0. The zero-order chi connectivity index (χ0) is 9.31. The van der Waals surface area contributed by atoms with Crippen molar-refractivity contribution in [2.45, 2.75) is 31.5 Å². The molecular weight excluding hydrogens is 172 g/mol. The Bertz CT molecular complexity index is 208. The summed E-state index contributed by atoms with van der Waals surface area (Å²) in [6.45, 7) is 1.31. The van der Waals surface area contributed by atoms with E-state index in [1.165, 1.54) is 0 Å². The van der Waals surface area contributed by atoms with E-state index >= 15 is 0 Å². The van der Waals surface area contributed by atoms with Crippen LogP contribution in [0.2, 0.25) is 0 Å². The Hall–Kier alpha value is -0.610. The van der Waals surface area contributed by atoms with Crippen LogP contribution >= 0.6 is 0 Å². The highest BCUT2D eigenvalue weighted by atomic mass is 16.7. The maximum Gasteiger partial charge on any atom is 0.303 e. The Morgan fingerprint density at radius 1 is 1.46 bits per heavy atom. The highest BCUT2D eigenvalue weighted by Crippen LogP contribution is 2.41. The van der Waals surface area contributed by atoms with E-state index < -0.39 is 11.8 Å². The molecule has 1 saturated carbocycles. The first-order valence-electron chi connectivity index (χ1n) is 4.70. The maximum atomic E-state index is 10.5. The van der Waals surface area contributed by atoms with Gasteiger partial charge in [-0.3, -0.25) is 4.79 Å². The van der Waals surface area contributed by atoms with Crippen LogP contribution in [0, 0.1) is 5.92 Å². The lowest BCUT2D eigenvalue weighted by Crippen LogP contribution is -2.26. The Labute approximate surface area is 76.8 Å². The van der Waals surface area contributed by atoms with Crippen LogP contribution < -0.4 is 0 Å². The van der Waals surface area contributed by atoms with Crippen LogP contribution in [0.4, 0.5) is 0 Å². The number of rotatable bonds is 2. The van der Waals surface area contributed by atoms with Crippen LogP contribution in [0.5, 0.6) is 0 Å². The van der Waals surface area contributed by atoms with Gasteiger partial charge in [0.05, 0.1) is 13.2 Å². The number of hydrogen-bond donors (Lipinski definition) is 1. The molecule has 1 aliphatic carbocycles. The third kappa shape index (κ3) is 1.84. The van der Waals surface area contributed by atoms with E-state index in [1.807, 2.05) is 0 Å². The van der Waals surface area contributed by atoms with Crippen molar-refractivity contribution in [2.75, 3.05) is 13.2 Å². The summed E-state index contributed by atoms with van der Waals surface area (Å²) in [6, 6.07) is 0. The smallest absolute Gasteiger partial charge is 0.303 e. The Balaban J connectivity index is 1.89. The predicted octanol–water partition coefficient (Wildman–Crippen LogP) is 1.00. The second kappa shape index (κ2) is 3.27. The minimum atomic E-state index is -0.722. The van der Waals surface area contributed by atoms with Gasteiger partial charge >= 0.3 is 5.97 Å². The summed E-state index contributed by atoms with van der Waals surface area (Å²) in [5.41, 5.74) is 0. The molecule has 2 fully saturated rings. The standard InChI is InChI=1S/C9H14O4/c10-8(11)5-7-1-2-9(6-7)12-3-4-13-9/h7H,1-6H2,(H,10,11). The van der Waals surface area contributed by atoms with E-state index in [4.69, 9.17) is 14.6 Å². The summed E-state index contributed by atoms with van der Waals surface area (Å²) < 4.78 is 11.0. The Morgan fingerprint density at radius 2 is 2.15 bits per heavy atom. The van der Waals surface area contributed by atoms with Crippen LogP contribution in [0.25, 0.3) is 0 Å². The van der Waals surface area contributed by atoms with Crippen molar-refractivity contribution in [3.63, 3.8) is 0 Å². The zero-order valence-corrected chi connectivity index (χ0v) is 7.49. The van der Waals surface area contributed by atoms with Gasteiger partial charge < -0.3 is 14.6 Å². The quantitative estimate of drug-likeness (QED) is 0.699. The average Bonchev–Trinajstić information content (AvgIpc) is 2.63. The highest BCUT2D eigenvalue weighted by Gasteiger charge is 2.44. The van der Waals surface area contributed by atoms with Gasteiger partial charge in [-0.05, 0) is 12.3 Å². The molecule has 1 aliphatic heterocycles. The zero-order valence-electron chi connectivity index (χ0n) is 7.49. The van der Waals surface area contributed by atoms with E-state index in [0.29, 0.717) is 13.2 Å². The summed E-state index contributed by atoms with van der Waals surface area (Å²) in [5.74, 6) is -0.907. The number of carbonyl (C=O) groups is 1. The van der Waals surface area contributed by atoms with Crippen LogP contribution in [-0.2, 0) is 14.3 Å². The maximum absolute atomic E-state index is 10.5. The van der Waals surface area contributed by atoms with Crippen LogP contribution in [0.3, 0.4) is 0 Å². The number of hydrogen-bond acceptors (Lipinski definition) is 3. The van der Waals surface area contributed by atoms with E-state index in [2.05, 4.69) is 0 Å². The number of ether oxygens (including phenoxy) is 2. The van der Waals surface area contributed by atoms with Gasteiger partial charge in [0.2, 0.25) is 0 Å². The normalized spacial score (nSPS) is 31.2. The summed E-state index contributed by atoms with van der Waals surface area (Å²) in [6.07, 6.45) is 2.75. The molecule has 1 heterocycles. The van der Waals surface area contributed by atoms with Crippen molar-refractivity contribution < 1.29 is 19.4 Å². The van der Waals surface area contributed by atoms with Gasteiger partial charge in [-0.15, -0.1) is 0 Å². The summed E-state index contributed by atoms with van der Waals surface area (Å²) in [4.78, 5) is 10.5. The van der Waals surface area contributed by atoms with E-state index in [9.17, 15) is 4.79 Å². The van der Waals surface area contributed by atoms with Crippen LogP contribution in [-0.4, -0.2) is 30.1 Å². The third-order valence-corrected chi connectivity index (χ3v) is 2.81. The lowest BCUT2D eigenvalue weighted by Gasteiger charge is -2.21. The van der Waals surface area contributed by atoms with Gasteiger partial charge in [-0.2, -0.15) is 0 Å². The van der Waals surface area contributed by atoms with Crippen molar-refractivity contribution in [1.29, 1.82) is 0 Å². The molecule has 1 atom stereocenters. The predicted molar refractivity (Wildman–Crippen MR) is 44.2 cm³/mol. The molecular formula is C9H14O4. The topological polar surface area (TPSA) is 55.8 Å². The molecule has 1 saturated heterocycles. The lowest BCUT2D eigenvalue weighted by atomic mass is 10.0. The second-order valence-electron chi connectivity index (χ2n) is 3.81. The molecule has 13 heavy (non-hydrogen) atoms. The summed E-state index contributed by atoms with van der Waals surface area (Å²) >= 11 is 0. The summed E-state index contributed by atoms with van der Waals surface area (Å²) in [5, 5.41) is 8.62. The Kier molecular flexibility index (Phi) is 2.26. The molecule has 0 radical (unpaired) electrons. The molecule has 2 rings (SSSR count). The molecule has 4 heteroatoms. The molecule has 0 aromatic carbocycles. The minimum absolute atomic E-state index is 0.232. The highest BCUT2D eigenvalue weighted by molar-refractivity contribution is 5.67. The molecule has 74 valence electrons. The van der Waals surface area contributed by atoms with Gasteiger partial charge in [0, 0.05) is 19.3 Å². The van der Waals surface area contributed by atoms with Crippen molar-refractivity contribution in [3.05, 3.63) is 0 Å². The lowest BCUT2D eigenvalue weighted by molar-refractivity contribution is -0.153. The molecule has 4 nitrogen and oxygen atoms in total. The van der Waals surface area contributed by atoms with Crippen molar-refractivity contribution in [2.24, 2.45) is 5.92 Å². The van der Waals surface area contributed by atoms with Crippen LogP contribution in [0.15, 0.2) is 0 Å². The first-order valence-corrected chi connectivity index (χ1v) is 4.70. The number of carboxylic acid groups (broad SMARTS) is 1. The fourth-order valence-electron chi connectivity index (χ4n) is 2.25. The van der Waals surface area contributed by atoms with Crippen molar-refractivity contribution in [3.8, 4) is 0 Å². The second-order valence-corrected chi connectivity index (χ2v) is 3.81. The minimum Gasteiger partial charge on any atom is -0.481 e. The first kappa shape index (κ1) is 8.97. The molecule has 0 aromatic rings. The van der Waals surface area contributed by atoms with Gasteiger partial charge in [0.15, 0.2) is 5.79 Å². The fourth-order valence-corrected chi connectivity index (χ4v) is 2.25. The fraction of sp³-hybridized carbons (Fsp3) is 0.889. The van der Waals surface area contributed by atoms with Crippen molar-refractivity contribution >= 4 is 5.97 Å². The number of aliphatic carboxylic acids is 1. The van der Waals surface area contributed by atoms with E-state index in [1.54, 1.807) is 0 Å². The molecule has 1 spiro atoms. The van der Waals surface area contributed by atoms with Gasteiger partial charge in [0.25, 0.3) is 0 Å². The molecule has 0 amide bonds. The SMILES string of the molecule is O=C(O)CC1CCC2(C1)OCCO2. The first-order chi connectivity index (χ1) is 6.20. The van der Waals surface area contributed by atoms with Crippen molar-refractivity contribution in [1.82, 2.24) is 0 Å². The molecule has 1 unspecified atom stereocenters. The third-order valence-electron chi connectivity index (χ3n) is 2.81. The Morgan fingerprint density at radius 3 is 2.77 bits per heavy atom. The van der Waals surface area contributed by atoms with Gasteiger partial charge in [0.1, 0.15) is 0 Å².